The van der Waals surface area contributed by atoms with Crippen molar-refractivity contribution in [2.45, 2.75) is 23.8 Å². The maximum absolute atomic E-state index is 12.7. The zero-order valence-electron chi connectivity index (χ0n) is 16.1. The number of hydrogen-bond donors (Lipinski definition) is 1. The van der Waals surface area contributed by atoms with Crippen molar-refractivity contribution in [2.75, 3.05) is 26.6 Å². The van der Waals surface area contributed by atoms with E-state index in [1.54, 1.807) is 19.2 Å². The normalized spacial score (nSPS) is 15.1. The van der Waals surface area contributed by atoms with E-state index in [0.717, 1.165) is 24.2 Å². The predicted molar refractivity (Wildman–Crippen MR) is 106 cm³/mol. The number of hydrogen-bond acceptors (Lipinski definition) is 5. The fourth-order valence-electron chi connectivity index (χ4n) is 3.06. The molecule has 1 saturated carbocycles. The first-order valence-electron chi connectivity index (χ1n) is 9.21. The van der Waals surface area contributed by atoms with Crippen molar-refractivity contribution >= 4 is 15.7 Å². The highest BCUT2D eigenvalue weighted by molar-refractivity contribution is 7.91. The molecule has 0 aromatic heterocycles. The van der Waals surface area contributed by atoms with Crippen LogP contribution in [-0.2, 0) is 14.6 Å². The van der Waals surface area contributed by atoms with Gasteiger partial charge in [-0.1, -0.05) is 12.1 Å². The molecule has 0 aliphatic heterocycles. The number of carbonyl (C=O) groups is 1. The first kappa shape index (κ1) is 20.4. The second-order valence-corrected chi connectivity index (χ2v) is 9.01. The molecule has 1 aliphatic rings. The number of carbonyl (C=O) groups excluding carboxylic acids is 1. The molecular formula is C21H25NO5S. The Morgan fingerprint density at radius 1 is 1.07 bits per heavy atom. The summed E-state index contributed by atoms with van der Waals surface area (Å²) in [7, 11) is -0.330. The van der Waals surface area contributed by atoms with Crippen LogP contribution in [0, 0.1) is 5.92 Å². The third kappa shape index (κ3) is 4.91. The molecule has 3 rings (SSSR count). The zero-order chi connectivity index (χ0) is 20.1. The van der Waals surface area contributed by atoms with Crippen molar-refractivity contribution in [1.82, 2.24) is 5.32 Å². The lowest BCUT2D eigenvalue weighted by Crippen LogP contribution is -2.29. The van der Waals surface area contributed by atoms with E-state index in [-0.39, 0.29) is 29.2 Å². The van der Waals surface area contributed by atoms with Gasteiger partial charge in [0.2, 0.25) is 0 Å². The van der Waals surface area contributed by atoms with Gasteiger partial charge >= 0.3 is 0 Å². The Labute approximate surface area is 165 Å². The molecule has 0 radical (unpaired) electrons. The van der Waals surface area contributed by atoms with Gasteiger partial charge in [-0.3, -0.25) is 4.79 Å². The van der Waals surface area contributed by atoms with Crippen LogP contribution in [0.15, 0.2) is 53.4 Å². The van der Waals surface area contributed by atoms with Crippen LogP contribution in [0.2, 0.25) is 0 Å². The van der Waals surface area contributed by atoms with Gasteiger partial charge in [0.05, 0.1) is 30.4 Å². The summed E-state index contributed by atoms with van der Waals surface area (Å²) in [5.74, 6) is 0.894. The molecule has 1 fully saturated rings. The molecule has 1 aliphatic carbocycles. The van der Waals surface area contributed by atoms with Crippen LogP contribution in [0.1, 0.15) is 34.8 Å². The predicted octanol–water partition coefficient (Wildman–Crippen LogP) is 3.00. The summed E-state index contributed by atoms with van der Waals surface area (Å²) in [6.45, 7) is 0.134. The zero-order valence-corrected chi connectivity index (χ0v) is 16.9. The van der Waals surface area contributed by atoms with E-state index in [0.29, 0.717) is 11.5 Å². The monoisotopic (exact) mass is 403 g/mol. The average molecular weight is 404 g/mol. The van der Waals surface area contributed by atoms with Gasteiger partial charge < -0.3 is 14.8 Å². The Balaban J connectivity index is 1.72. The van der Waals surface area contributed by atoms with Crippen molar-refractivity contribution in [1.29, 1.82) is 0 Å². The molecule has 1 atom stereocenters. The molecule has 2 aromatic rings. The number of nitrogens with one attached hydrogen (secondary N) is 1. The first-order valence-corrected chi connectivity index (χ1v) is 10.9. The van der Waals surface area contributed by atoms with Crippen molar-refractivity contribution in [3.8, 4) is 5.75 Å². The minimum Gasteiger partial charge on any atom is -0.497 e. The summed E-state index contributed by atoms with van der Waals surface area (Å²) in [4.78, 5) is 12.9. The van der Waals surface area contributed by atoms with E-state index in [1.165, 1.54) is 19.2 Å². The summed E-state index contributed by atoms with van der Waals surface area (Å²) in [5, 5.41) is 3.09. The van der Waals surface area contributed by atoms with Crippen LogP contribution in [-0.4, -0.2) is 40.9 Å². The van der Waals surface area contributed by atoms with Crippen LogP contribution in [0.4, 0.5) is 0 Å². The van der Waals surface area contributed by atoms with Gasteiger partial charge in [-0.05, 0) is 60.7 Å². The van der Waals surface area contributed by atoms with Crippen LogP contribution in [0.3, 0.4) is 0 Å². The smallest absolute Gasteiger partial charge is 0.251 e. The molecule has 1 unspecified atom stereocenters. The Morgan fingerprint density at radius 2 is 1.71 bits per heavy atom. The average Bonchev–Trinajstić information content (AvgIpc) is 3.56. The fourth-order valence-corrected chi connectivity index (χ4v) is 4.24. The molecule has 0 bridgehead atoms. The van der Waals surface area contributed by atoms with Crippen molar-refractivity contribution in [2.24, 2.45) is 5.92 Å². The van der Waals surface area contributed by atoms with E-state index in [1.807, 2.05) is 24.3 Å². The number of amides is 1. The van der Waals surface area contributed by atoms with E-state index < -0.39 is 9.84 Å². The van der Waals surface area contributed by atoms with Gasteiger partial charge in [-0.2, -0.15) is 0 Å². The number of sulfone groups is 1. The molecule has 6 nitrogen and oxygen atoms in total. The van der Waals surface area contributed by atoms with Crippen LogP contribution < -0.4 is 10.1 Å². The van der Waals surface area contributed by atoms with Gasteiger partial charge in [0.25, 0.3) is 5.91 Å². The molecule has 1 N–H and O–H groups in total. The van der Waals surface area contributed by atoms with E-state index in [2.05, 4.69) is 5.32 Å². The second kappa shape index (κ2) is 8.75. The highest BCUT2D eigenvalue weighted by atomic mass is 32.2. The van der Waals surface area contributed by atoms with Crippen molar-refractivity contribution < 1.29 is 22.7 Å². The third-order valence-electron chi connectivity index (χ3n) is 4.89. The minimum absolute atomic E-state index is 0.0662. The number of ether oxygens (including phenoxy) is 2. The van der Waals surface area contributed by atoms with Crippen LogP contribution >= 0.6 is 0 Å². The lowest BCUT2D eigenvalue weighted by Gasteiger charge is -2.19. The Morgan fingerprint density at radius 3 is 2.25 bits per heavy atom. The van der Waals surface area contributed by atoms with Gasteiger partial charge in [-0.15, -0.1) is 0 Å². The Hall–Kier alpha value is -2.38. The number of benzene rings is 2. The summed E-state index contributed by atoms with van der Waals surface area (Å²) in [6.07, 6.45) is 2.15. The molecule has 0 saturated heterocycles. The second-order valence-electron chi connectivity index (χ2n) is 6.90. The quantitative estimate of drug-likeness (QED) is 0.696. The fraction of sp³-hybridized carbons (Fsp3) is 0.381. The van der Waals surface area contributed by atoms with Crippen LogP contribution in [0.25, 0.3) is 0 Å². The molecular weight excluding hydrogens is 378 g/mol. The summed E-state index contributed by atoms with van der Waals surface area (Å²) >= 11 is 0. The molecule has 150 valence electrons. The van der Waals surface area contributed by atoms with Crippen molar-refractivity contribution in [3.05, 3.63) is 59.7 Å². The number of rotatable bonds is 9. The van der Waals surface area contributed by atoms with Crippen LogP contribution in [0.5, 0.6) is 5.75 Å². The summed E-state index contributed by atoms with van der Waals surface area (Å²) in [5.41, 5.74) is 1.47. The Bertz CT molecular complexity index is 903. The Kier molecular flexibility index (Phi) is 6.36. The van der Waals surface area contributed by atoms with Gasteiger partial charge in [0.15, 0.2) is 9.84 Å². The lowest BCUT2D eigenvalue weighted by atomic mass is 10.0. The molecule has 0 heterocycles. The molecule has 2 aromatic carbocycles. The highest BCUT2D eigenvalue weighted by Crippen LogP contribution is 2.41. The van der Waals surface area contributed by atoms with Gasteiger partial charge in [-0.25, -0.2) is 8.42 Å². The van der Waals surface area contributed by atoms with E-state index in [9.17, 15) is 13.2 Å². The van der Waals surface area contributed by atoms with Gasteiger partial charge in [0, 0.05) is 12.7 Å². The topological polar surface area (TPSA) is 81.7 Å². The summed E-state index contributed by atoms with van der Waals surface area (Å²) < 4.78 is 34.4. The third-order valence-corrected chi connectivity index (χ3v) is 6.58. The maximum atomic E-state index is 12.7. The molecule has 1 amide bonds. The van der Waals surface area contributed by atoms with E-state index in [4.69, 9.17) is 9.47 Å². The van der Waals surface area contributed by atoms with E-state index >= 15 is 0 Å². The first-order chi connectivity index (χ1) is 13.4. The summed E-state index contributed by atoms with van der Waals surface area (Å²) in [6, 6.07) is 13.7. The lowest BCUT2D eigenvalue weighted by molar-refractivity contribution is 0.0931. The minimum atomic E-state index is -3.41. The molecule has 0 spiro atoms. The largest absolute Gasteiger partial charge is 0.497 e. The SMILES string of the molecule is COCCS(=O)(=O)c1ccc(C(=O)NC(c2ccc(OC)cc2)C2CC2)cc1. The maximum Gasteiger partial charge on any atom is 0.251 e. The molecule has 7 heteroatoms. The standard InChI is InChI=1S/C21H25NO5S/c1-26-13-14-28(24,25)19-11-7-17(8-12-19)21(23)22-20(15-3-4-15)16-5-9-18(27-2)10-6-16/h5-12,15,20H,3-4,13-14H2,1-2H3,(H,22,23). The van der Waals surface area contributed by atoms with Crippen molar-refractivity contribution in [3.63, 3.8) is 0 Å². The number of methoxy groups -OCH3 is 2. The highest BCUT2D eigenvalue weighted by Gasteiger charge is 2.33. The molecule has 28 heavy (non-hydrogen) atoms. The van der Waals surface area contributed by atoms with Gasteiger partial charge in [0.1, 0.15) is 5.75 Å².